The van der Waals surface area contributed by atoms with Crippen LogP contribution in [0, 0.1) is 13.8 Å². The number of aliphatic hydroxyl groups excluding tert-OH is 2. The summed E-state index contributed by atoms with van der Waals surface area (Å²) in [6, 6.07) is 5.58. The van der Waals surface area contributed by atoms with E-state index in [1.807, 2.05) is 26.0 Å². The van der Waals surface area contributed by atoms with E-state index in [0.29, 0.717) is 5.56 Å². The molecule has 1 aromatic carbocycles. The highest BCUT2D eigenvalue weighted by Gasteiger charge is 2.19. The highest BCUT2D eigenvalue weighted by molar-refractivity contribution is 8.13. The van der Waals surface area contributed by atoms with Crippen LogP contribution in [0.5, 0.6) is 0 Å². The molecule has 0 bridgehead atoms. The minimum atomic E-state index is -0.943. The Hall–Kier alpha value is -0.840. The van der Waals surface area contributed by atoms with Gasteiger partial charge in [-0.3, -0.25) is 4.79 Å². The van der Waals surface area contributed by atoms with E-state index < -0.39 is 12.2 Å². The molecule has 17 heavy (non-hydrogen) atoms. The largest absolute Gasteiger partial charge is 0.389 e. The molecule has 0 spiro atoms. The van der Waals surface area contributed by atoms with Crippen molar-refractivity contribution in [3.8, 4) is 0 Å². The average molecular weight is 254 g/mol. The van der Waals surface area contributed by atoms with Crippen LogP contribution < -0.4 is 0 Å². The van der Waals surface area contributed by atoms with Crippen molar-refractivity contribution in [1.29, 1.82) is 0 Å². The standard InChI is InChI=1S/C13H18O3S/c1-8-4-5-11(6-9(8)2)13(16)12(15)7-17-10(3)14/h4-6,12-13,15-16H,7H2,1-3H3. The van der Waals surface area contributed by atoms with Gasteiger partial charge in [-0.15, -0.1) is 0 Å². The fourth-order valence-electron chi connectivity index (χ4n) is 1.46. The lowest BCUT2D eigenvalue weighted by Gasteiger charge is -2.18. The number of carbonyl (C=O) groups is 1. The molecule has 0 heterocycles. The van der Waals surface area contributed by atoms with Gasteiger partial charge in [0.1, 0.15) is 6.10 Å². The van der Waals surface area contributed by atoms with Crippen LogP contribution in [0.1, 0.15) is 29.7 Å². The van der Waals surface area contributed by atoms with Crippen molar-refractivity contribution < 1.29 is 15.0 Å². The molecule has 0 saturated carbocycles. The van der Waals surface area contributed by atoms with E-state index in [4.69, 9.17) is 0 Å². The van der Waals surface area contributed by atoms with E-state index in [9.17, 15) is 15.0 Å². The van der Waals surface area contributed by atoms with Gasteiger partial charge in [-0.1, -0.05) is 30.0 Å². The van der Waals surface area contributed by atoms with E-state index >= 15 is 0 Å². The van der Waals surface area contributed by atoms with Crippen LogP contribution in [-0.4, -0.2) is 27.2 Å². The number of thioether (sulfide) groups is 1. The molecular weight excluding hydrogens is 236 g/mol. The van der Waals surface area contributed by atoms with Crippen molar-refractivity contribution in [3.63, 3.8) is 0 Å². The predicted molar refractivity (Wildman–Crippen MR) is 70.0 cm³/mol. The van der Waals surface area contributed by atoms with Crippen LogP contribution in [0.4, 0.5) is 0 Å². The van der Waals surface area contributed by atoms with Crippen LogP contribution in [0.25, 0.3) is 0 Å². The molecule has 0 aliphatic rings. The summed E-state index contributed by atoms with van der Waals surface area (Å²) in [6.45, 7) is 5.40. The van der Waals surface area contributed by atoms with E-state index in [2.05, 4.69) is 0 Å². The molecular formula is C13H18O3S. The molecule has 3 nitrogen and oxygen atoms in total. The maximum atomic E-state index is 10.8. The lowest BCUT2D eigenvalue weighted by atomic mass is 10.0. The Bertz CT molecular complexity index is 404. The summed E-state index contributed by atoms with van der Waals surface area (Å²) in [7, 11) is 0. The SMILES string of the molecule is CC(=O)SCC(O)C(O)c1ccc(C)c(C)c1. The molecule has 94 valence electrons. The molecule has 1 aromatic rings. The fraction of sp³-hybridized carbons (Fsp3) is 0.462. The Morgan fingerprint density at radius 2 is 1.94 bits per heavy atom. The second kappa shape index (κ2) is 6.19. The smallest absolute Gasteiger partial charge is 0.185 e. The zero-order valence-electron chi connectivity index (χ0n) is 10.3. The third-order valence-corrected chi connectivity index (χ3v) is 3.61. The van der Waals surface area contributed by atoms with Gasteiger partial charge in [0.15, 0.2) is 5.12 Å². The number of rotatable bonds is 4. The molecule has 2 N–H and O–H groups in total. The van der Waals surface area contributed by atoms with Crippen LogP contribution in [0.3, 0.4) is 0 Å². The van der Waals surface area contributed by atoms with Gasteiger partial charge in [0.2, 0.25) is 0 Å². The van der Waals surface area contributed by atoms with Crippen molar-refractivity contribution in [1.82, 2.24) is 0 Å². The minimum Gasteiger partial charge on any atom is -0.389 e. The Labute approximate surface area is 106 Å². The van der Waals surface area contributed by atoms with E-state index in [1.165, 1.54) is 6.92 Å². The topological polar surface area (TPSA) is 57.5 Å². The summed E-state index contributed by atoms with van der Waals surface area (Å²) in [5, 5.41) is 19.6. The van der Waals surface area contributed by atoms with Crippen LogP contribution in [0.15, 0.2) is 18.2 Å². The molecule has 4 heteroatoms. The number of hydrogen-bond acceptors (Lipinski definition) is 4. The summed E-state index contributed by atoms with van der Waals surface area (Å²) >= 11 is 1.02. The first-order valence-electron chi connectivity index (χ1n) is 5.48. The number of benzene rings is 1. The third kappa shape index (κ3) is 4.15. The van der Waals surface area contributed by atoms with Gasteiger partial charge in [0, 0.05) is 12.7 Å². The average Bonchev–Trinajstić information content (AvgIpc) is 2.28. The zero-order valence-corrected chi connectivity index (χ0v) is 11.1. The summed E-state index contributed by atoms with van der Waals surface area (Å²) in [5.74, 6) is 0.212. The van der Waals surface area contributed by atoms with Gasteiger partial charge >= 0.3 is 0 Å². The fourth-order valence-corrected chi connectivity index (χ4v) is 2.05. The van der Waals surface area contributed by atoms with Gasteiger partial charge < -0.3 is 10.2 Å². The predicted octanol–water partition coefficient (Wildman–Crippen LogP) is 1.98. The maximum absolute atomic E-state index is 10.8. The highest BCUT2D eigenvalue weighted by atomic mass is 32.2. The summed E-state index contributed by atoms with van der Waals surface area (Å²) in [4.78, 5) is 10.8. The molecule has 0 aromatic heterocycles. The van der Waals surface area contributed by atoms with E-state index in [0.717, 1.165) is 22.9 Å². The summed E-state index contributed by atoms with van der Waals surface area (Å²) in [6.07, 6.45) is -1.87. The van der Waals surface area contributed by atoms with Gasteiger partial charge in [-0.2, -0.15) is 0 Å². The monoisotopic (exact) mass is 254 g/mol. The van der Waals surface area contributed by atoms with Crippen molar-refractivity contribution in [2.45, 2.75) is 33.0 Å². The molecule has 0 aliphatic heterocycles. The molecule has 0 amide bonds. The summed E-state index contributed by atoms with van der Waals surface area (Å²) in [5.41, 5.74) is 2.91. The van der Waals surface area contributed by atoms with Gasteiger partial charge in [-0.25, -0.2) is 0 Å². The Morgan fingerprint density at radius 1 is 1.29 bits per heavy atom. The van der Waals surface area contributed by atoms with Crippen molar-refractivity contribution in [2.24, 2.45) is 0 Å². The van der Waals surface area contributed by atoms with E-state index in [-0.39, 0.29) is 10.9 Å². The maximum Gasteiger partial charge on any atom is 0.185 e. The van der Waals surface area contributed by atoms with Gasteiger partial charge in [0.25, 0.3) is 0 Å². The summed E-state index contributed by atoms with van der Waals surface area (Å²) < 4.78 is 0. The van der Waals surface area contributed by atoms with Crippen LogP contribution in [0.2, 0.25) is 0 Å². The molecule has 0 fully saturated rings. The normalized spacial score (nSPS) is 14.4. The quantitative estimate of drug-likeness (QED) is 0.862. The second-order valence-corrected chi connectivity index (χ2v) is 5.36. The number of hydrogen-bond donors (Lipinski definition) is 2. The number of aliphatic hydroxyl groups is 2. The highest BCUT2D eigenvalue weighted by Crippen LogP contribution is 2.22. The zero-order chi connectivity index (χ0) is 13.0. The van der Waals surface area contributed by atoms with Crippen LogP contribution >= 0.6 is 11.8 Å². The van der Waals surface area contributed by atoms with Crippen molar-refractivity contribution in [2.75, 3.05) is 5.75 Å². The lowest BCUT2D eigenvalue weighted by Crippen LogP contribution is -2.21. The van der Waals surface area contributed by atoms with Gasteiger partial charge in [-0.05, 0) is 30.5 Å². The van der Waals surface area contributed by atoms with Crippen molar-refractivity contribution in [3.05, 3.63) is 34.9 Å². The molecule has 0 saturated heterocycles. The van der Waals surface area contributed by atoms with Gasteiger partial charge in [0.05, 0.1) is 6.10 Å². The Kier molecular flexibility index (Phi) is 5.18. The lowest BCUT2D eigenvalue weighted by molar-refractivity contribution is -0.109. The minimum absolute atomic E-state index is 0.0589. The van der Waals surface area contributed by atoms with Crippen LogP contribution in [-0.2, 0) is 4.79 Å². The van der Waals surface area contributed by atoms with E-state index in [1.54, 1.807) is 6.07 Å². The molecule has 2 unspecified atom stereocenters. The van der Waals surface area contributed by atoms with Crippen molar-refractivity contribution >= 4 is 16.9 Å². The molecule has 2 atom stereocenters. The third-order valence-electron chi connectivity index (χ3n) is 2.69. The number of carbonyl (C=O) groups excluding carboxylic acids is 1. The molecule has 1 rings (SSSR count). The first kappa shape index (κ1) is 14.2. The second-order valence-electron chi connectivity index (χ2n) is 4.16. The molecule has 0 aliphatic carbocycles. The Morgan fingerprint density at radius 3 is 2.47 bits per heavy atom. The molecule has 0 radical (unpaired) electrons. The first-order chi connectivity index (χ1) is 7.91. The number of aryl methyl sites for hydroxylation is 2. The Balaban J connectivity index is 2.70. The first-order valence-corrected chi connectivity index (χ1v) is 6.47.